The molecule has 0 unspecified atom stereocenters. The summed E-state index contributed by atoms with van der Waals surface area (Å²) in [6.45, 7) is 9.51. The SMILES string of the molecule is CC(C)(C)c1ccc(CN2CC(CC(=O)O)C2)s1. The highest BCUT2D eigenvalue weighted by Crippen LogP contribution is 2.31. The molecule has 0 amide bonds. The van der Waals surface area contributed by atoms with E-state index in [4.69, 9.17) is 5.11 Å². The van der Waals surface area contributed by atoms with E-state index in [0.717, 1.165) is 19.6 Å². The molecule has 1 aliphatic heterocycles. The summed E-state index contributed by atoms with van der Waals surface area (Å²) in [6, 6.07) is 4.42. The molecule has 0 bridgehead atoms. The van der Waals surface area contributed by atoms with Crippen LogP contribution in [0.5, 0.6) is 0 Å². The van der Waals surface area contributed by atoms with Gasteiger partial charge in [0, 0.05) is 29.4 Å². The Labute approximate surface area is 112 Å². The largest absolute Gasteiger partial charge is 0.481 e. The molecule has 2 heterocycles. The number of hydrogen-bond donors (Lipinski definition) is 1. The van der Waals surface area contributed by atoms with Crippen molar-refractivity contribution >= 4 is 17.3 Å². The lowest BCUT2D eigenvalue weighted by Crippen LogP contribution is -2.46. The number of carboxylic acid groups (broad SMARTS) is 1. The standard InChI is InChI=1S/C14H21NO2S/c1-14(2,3)12-5-4-11(18-12)9-15-7-10(8-15)6-13(16)17/h4-5,10H,6-9H2,1-3H3,(H,16,17). The molecule has 2 rings (SSSR count). The first-order valence-corrected chi connectivity index (χ1v) is 7.19. The van der Waals surface area contributed by atoms with Crippen LogP contribution < -0.4 is 0 Å². The minimum atomic E-state index is -0.675. The van der Waals surface area contributed by atoms with E-state index >= 15 is 0 Å². The van der Waals surface area contributed by atoms with Crippen LogP contribution >= 0.6 is 11.3 Å². The molecular formula is C14H21NO2S. The third-order valence-corrected chi connectivity index (χ3v) is 4.77. The van der Waals surface area contributed by atoms with Crippen molar-refractivity contribution in [2.24, 2.45) is 5.92 Å². The zero-order valence-corrected chi connectivity index (χ0v) is 12.1. The van der Waals surface area contributed by atoms with Crippen molar-refractivity contribution in [3.8, 4) is 0 Å². The van der Waals surface area contributed by atoms with Crippen molar-refractivity contribution in [2.45, 2.75) is 39.2 Å². The Kier molecular flexibility index (Phi) is 3.78. The number of rotatable bonds is 4. The van der Waals surface area contributed by atoms with Crippen molar-refractivity contribution in [1.29, 1.82) is 0 Å². The van der Waals surface area contributed by atoms with Gasteiger partial charge in [-0.3, -0.25) is 9.69 Å². The zero-order chi connectivity index (χ0) is 13.3. The molecule has 3 nitrogen and oxygen atoms in total. The van der Waals surface area contributed by atoms with E-state index < -0.39 is 5.97 Å². The average Bonchev–Trinajstić information content (AvgIpc) is 2.61. The Morgan fingerprint density at radius 3 is 2.61 bits per heavy atom. The number of carboxylic acids is 1. The molecular weight excluding hydrogens is 246 g/mol. The van der Waals surface area contributed by atoms with E-state index in [0.29, 0.717) is 12.3 Å². The second-order valence-electron chi connectivity index (χ2n) is 6.17. The Hall–Kier alpha value is -0.870. The minimum Gasteiger partial charge on any atom is -0.481 e. The van der Waals surface area contributed by atoms with Crippen LogP contribution in [-0.2, 0) is 16.8 Å². The van der Waals surface area contributed by atoms with E-state index in [1.807, 2.05) is 11.3 Å². The third kappa shape index (κ3) is 3.33. The van der Waals surface area contributed by atoms with E-state index in [-0.39, 0.29) is 5.41 Å². The lowest BCUT2D eigenvalue weighted by atomic mass is 9.95. The molecule has 1 saturated heterocycles. The quantitative estimate of drug-likeness (QED) is 0.912. The number of hydrogen-bond acceptors (Lipinski definition) is 3. The van der Waals surface area contributed by atoms with Crippen LogP contribution in [0.4, 0.5) is 0 Å². The third-order valence-electron chi connectivity index (χ3n) is 3.28. The monoisotopic (exact) mass is 267 g/mol. The van der Waals surface area contributed by atoms with Gasteiger partial charge in [0.25, 0.3) is 0 Å². The van der Waals surface area contributed by atoms with Crippen LogP contribution in [0.3, 0.4) is 0 Å². The summed E-state index contributed by atoms with van der Waals surface area (Å²) in [4.78, 5) is 15.7. The van der Waals surface area contributed by atoms with Crippen LogP contribution in [0, 0.1) is 5.92 Å². The summed E-state index contributed by atoms with van der Waals surface area (Å²) in [5.74, 6) is -0.324. The molecule has 4 heteroatoms. The molecule has 1 aromatic heterocycles. The Bertz CT molecular complexity index is 427. The second-order valence-corrected chi connectivity index (χ2v) is 7.34. The number of thiophene rings is 1. The van der Waals surface area contributed by atoms with Gasteiger partial charge >= 0.3 is 5.97 Å². The molecule has 1 aliphatic rings. The maximum Gasteiger partial charge on any atom is 0.303 e. The highest BCUT2D eigenvalue weighted by Gasteiger charge is 2.28. The summed E-state index contributed by atoms with van der Waals surface area (Å²) in [5.41, 5.74) is 0.226. The molecule has 0 spiro atoms. The first-order valence-electron chi connectivity index (χ1n) is 6.38. The van der Waals surface area contributed by atoms with Gasteiger partial charge in [0.15, 0.2) is 0 Å². The van der Waals surface area contributed by atoms with Gasteiger partial charge in [0.1, 0.15) is 0 Å². The highest BCUT2D eigenvalue weighted by atomic mass is 32.1. The van der Waals surface area contributed by atoms with Crippen LogP contribution in [0.25, 0.3) is 0 Å². The number of carbonyl (C=O) groups is 1. The number of aliphatic carboxylic acids is 1. The summed E-state index contributed by atoms with van der Waals surface area (Å²) in [5, 5.41) is 8.70. The molecule has 0 aromatic carbocycles. The minimum absolute atomic E-state index is 0.226. The van der Waals surface area contributed by atoms with Crippen LogP contribution in [0.15, 0.2) is 12.1 Å². The average molecular weight is 267 g/mol. The molecule has 1 aromatic rings. The second kappa shape index (κ2) is 5.02. The lowest BCUT2D eigenvalue weighted by molar-refractivity contribution is -0.139. The predicted octanol–water partition coefficient (Wildman–Crippen LogP) is 2.95. The first-order chi connectivity index (χ1) is 8.34. The van der Waals surface area contributed by atoms with Gasteiger partial charge in [-0.05, 0) is 23.5 Å². The molecule has 18 heavy (non-hydrogen) atoms. The fourth-order valence-corrected chi connectivity index (χ4v) is 3.38. The molecule has 100 valence electrons. The summed E-state index contributed by atoms with van der Waals surface area (Å²) < 4.78 is 0. The van der Waals surface area contributed by atoms with Gasteiger partial charge in [-0.15, -0.1) is 11.3 Å². The van der Waals surface area contributed by atoms with Gasteiger partial charge in [-0.25, -0.2) is 0 Å². The first kappa shape index (κ1) is 13.6. The smallest absolute Gasteiger partial charge is 0.303 e. The Balaban J connectivity index is 1.82. The van der Waals surface area contributed by atoms with Crippen molar-refractivity contribution in [3.63, 3.8) is 0 Å². The van der Waals surface area contributed by atoms with E-state index in [1.54, 1.807) is 0 Å². The molecule has 1 fully saturated rings. The highest BCUT2D eigenvalue weighted by molar-refractivity contribution is 7.12. The lowest BCUT2D eigenvalue weighted by Gasteiger charge is -2.38. The van der Waals surface area contributed by atoms with Gasteiger partial charge in [0.2, 0.25) is 0 Å². The molecule has 0 atom stereocenters. The number of likely N-dealkylation sites (tertiary alicyclic amines) is 1. The van der Waals surface area contributed by atoms with Gasteiger partial charge in [-0.1, -0.05) is 20.8 Å². The summed E-state index contributed by atoms with van der Waals surface area (Å²) >= 11 is 1.87. The maximum absolute atomic E-state index is 10.6. The summed E-state index contributed by atoms with van der Waals surface area (Å²) in [6.07, 6.45) is 0.314. The zero-order valence-electron chi connectivity index (χ0n) is 11.3. The fraction of sp³-hybridized carbons (Fsp3) is 0.643. The normalized spacial score (nSPS) is 17.7. The van der Waals surface area contributed by atoms with E-state index in [2.05, 4.69) is 37.8 Å². The number of nitrogens with zero attached hydrogens (tertiary/aromatic N) is 1. The predicted molar refractivity (Wildman–Crippen MR) is 74.0 cm³/mol. The van der Waals surface area contributed by atoms with Crippen molar-refractivity contribution in [1.82, 2.24) is 4.90 Å². The Morgan fingerprint density at radius 2 is 2.11 bits per heavy atom. The molecule has 0 radical (unpaired) electrons. The van der Waals surface area contributed by atoms with Crippen molar-refractivity contribution < 1.29 is 9.90 Å². The van der Waals surface area contributed by atoms with Crippen LogP contribution in [0.1, 0.15) is 36.9 Å². The molecule has 0 aliphatic carbocycles. The molecule has 1 N–H and O–H groups in total. The topological polar surface area (TPSA) is 40.5 Å². The van der Waals surface area contributed by atoms with Crippen LogP contribution in [0.2, 0.25) is 0 Å². The van der Waals surface area contributed by atoms with Gasteiger partial charge < -0.3 is 5.11 Å². The van der Waals surface area contributed by atoms with Crippen molar-refractivity contribution in [3.05, 3.63) is 21.9 Å². The van der Waals surface area contributed by atoms with E-state index in [9.17, 15) is 4.79 Å². The summed E-state index contributed by atoms with van der Waals surface area (Å²) in [7, 11) is 0. The maximum atomic E-state index is 10.6. The van der Waals surface area contributed by atoms with Crippen molar-refractivity contribution in [2.75, 3.05) is 13.1 Å². The van der Waals surface area contributed by atoms with Gasteiger partial charge in [-0.2, -0.15) is 0 Å². The fourth-order valence-electron chi connectivity index (χ4n) is 2.27. The van der Waals surface area contributed by atoms with E-state index in [1.165, 1.54) is 9.75 Å². The molecule has 0 saturated carbocycles. The van der Waals surface area contributed by atoms with Crippen LogP contribution in [-0.4, -0.2) is 29.1 Å². The Morgan fingerprint density at radius 1 is 1.44 bits per heavy atom. The van der Waals surface area contributed by atoms with Gasteiger partial charge in [0.05, 0.1) is 6.42 Å².